The first-order chi connectivity index (χ1) is 10.1. The molecule has 0 spiro atoms. The van der Waals surface area contributed by atoms with Gasteiger partial charge in [-0.15, -0.1) is 24.0 Å². The summed E-state index contributed by atoms with van der Waals surface area (Å²) in [5.74, 6) is 0.380. The zero-order valence-electron chi connectivity index (χ0n) is 13.9. The van der Waals surface area contributed by atoms with E-state index >= 15 is 0 Å². The minimum absolute atomic E-state index is 0. The average molecular weight is 443 g/mol. The molecular weight excluding hydrogens is 418 g/mol. The van der Waals surface area contributed by atoms with E-state index in [4.69, 9.17) is 0 Å². The fourth-order valence-corrected chi connectivity index (χ4v) is 2.02. The molecule has 0 amide bonds. The highest BCUT2D eigenvalue weighted by Gasteiger charge is 2.26. The summed E-state index contributed by atoms with van der Waals surface area (Å²) in [6, 6.07) is 8.20. The molecular formula is C16H25F3IN3. The van der Waals surface area contributed by atoms with E-state index < -0.39 is 12.6 Å². The Morgan fingerprint density at radius 3 is 2.35 bits per heavy atom. The summed E-state index contributed by atoms with van der Waals surface area (Å²) in [5.41, 5.74) is 2.19. The predicted octanol–water partition coefficient (Wildman–Crippen LogP) is 4.01. The van der Waals surface area contributed by atoms with Gasteiger partial charge in [0.2, 0.25) is 0 Å². The molecule has 7 heteroatoms. The molecule has 0 aliphatic carbocycles. The fraction of sp³-hybridized carbons (Fsp3) is 0.562. The Hall–Kier alpha value is -0.990. The van der Waals surface area contributed by atoms with E-state index in [9.17, 15) is 13.2 Å². The van der Waals surface area contributed by atoms with Gasteiger partial charge in [0.25, 0.3) is 0 Å². The SMILES string of the molecule is CN=C(NCCC(F)(F)F)NCC(C)(C)c1cccc(C)c1.I. The van der Waals surface area contributed by atoms with E-state index in [1.165, 1.54) is 11.1 Å². The van der Waals surface area contributed by atoms with E-state index in [0.29, 0.717) is 12.5 Å². The minimum Gasteiger partial charge on any atom is -0.356 e. The topological polar surface area (TPSA) is 36.4 Å². The number of aryl methyl sites for hydroxylation is 1. The average Bonchev–Trinajstić information content (AvgIpc) is 2.41. The van der Waals surface area contributed by atoms with Gasteiger partial charge in [-0.2, -0.15) is 13.2 Å². The molecule has 0 fully saturated rings. The minimum atomic E-state index is -4.16. The predicted molar refractivity (Wildman–Crippen MR) is 99.7 cm³/mol. The monoisotopic (exact) mass is 443 g/mol. The third kappa shape index (κ3) is 8.43. The van der Waals surface area contributed by atoms with Crippen molar-refractivity contribution in [2.75, 3.05) is 20.1 Å². The summed E-state index contributed by atoms with van der Waals surface area (Å²) in [4.78, 5) is 3.95. The highest BCUT2D eigenvalue weighted by molar-refractivity contribution is 14.0. The molecule has 0 saturated carbocycles. The lowest BCUT2D eigenvalue weighted by atomic mass is 9.84. The first-order valence-corrected chi connectivity index (χ1v) is 7.22. The van der Waals surface area contributed by atoms with Crippen molar-refractivity contribution in [2.45, 2.75) is 38.8 Å². The van der Waals surface area contributed by atoms with Crippen LogP contribution in [0.3, 0.4) is 0 Å². The van der Waals surface area contributed by atoms with Crippen LogP contribution in [-0.2, 0) is 5.41 Å². The zero-order chi connectivity index (χ0) is 16.8. The first-order valence-electron chi connectivity index (χ1n) is 7.22. The number of nitrogens with one attached hydrogen (secondary N) is 2. The highest BCUT2D eigenvalue weighted by Crippen LogP contribution is 2.23. The quantitative estimate of drug-likeness (QED) is 0.410. The van der Waals surface area contributed by atoms with Gasteiger partial charge in [-0.3, -0.25) is 4.99 Å². The van der Waals surface area contributed by atoms with Crippen LogP contribution >= 0.6 is 24.0 Å². The van der Waals surface area contributed by atoms with Crippen molar-refractivity contribution in [1.82, 2.24) is 10.6 Å². The molecule has 0 aliphatic heterocycles. The van der Waals surface area contributed by atoms with Gasteiger partial charge in [-0.25, -0.2) is 0 Å². The number of rotatable bonds is 5. The lowest BCUT2D eigenvalue weighted by molar-refractivity contribution is -0.132. The number of alkyl halides is 3. The largest absolute Gasteiger partial charge is 0.390 e. The molecule has 0 atom stereocenters. The van der Waals surface area contributed by atoms with Crippen molar-refractivity contribution >= 4 is 29.9 Å². The molecule has 0 unspecified atom stereocenters. The Labute approximate surface area is 153 Å². The van der Waals surface area contributed by atoms with Crippen LogP contribution < -0.4 is 10.6 Å². The second-order valence-corrected chi connectivity index (χ2v) is 5.97. The summed E-state index contributed by atoms with van der Waals surface area (Å²) < 4.78 is 36.4. The fourth-order valence-electron chi connectivity index (χ4n) is 2.02. The second kappa shape index (κ2) is 9.34. The summed E-state index contributed by atoms with van der Waals surface area (Å²) >= 11 is 0. The van der Waals surface area contributed by atoms with Gasteiger partial charge < -0.3 is 10.6 Å². The standard InChI is InChI=1S/C16H24F3N3.HI/c1-12-6-5-7-13(10-12)15(2,3)11-22-14(20-4)21-9-8-16(17,18)19;/h5-7,10H,8-9,11H2,1-4H3,(H2,20,21,22);1H. The van der Waals surface area contributed by atoms with Crippen LogP contribution in [-0.4, -0.2) is 32.3 Å². The number of nitrogens with zero attached hydrogens (tertiary/aromatic N) is 1. The summed E-state index contributed by atoms with van der Waals surface area (Å²) in [6.45, 7) is 6.58. The van der Waals surface area contributed by atoms with Crippen molar-refractivity contribution in [3.63, 3.8) is 0 Å². The highest BCUT2D eigenvalue weighted by atomic mass is 127. The molecule has 0 bridgehead atoms. The van der Waals surface area contributed by atoms with E-state index in [-0.39, 0.29) is 35.9 Å². The molecule has 0 aromatic heterocycles. The smallest absolute Gasteiger partial charge is 0.356 e. The summed E-state index contributed by atoms with van der Waals surface area (Å²) in [7, 11) is 1.54. The number of guanidine groups is 1. The van der Waals surface area contributed by atoms with Gasteiger partial charge in [-0.05, 0) is 12.5 Å². The van der Waals surface area contributed by atoms with Gasteiger partial charge in [0, 0.05) is 25.6 Å². The van der Waals surface area contributed by atoms with Crippen LogP contribution in [0.5, 0.6) is 0 Å². The lowest BCUT2D eigenvalue weighted by Gasteiger charge is -2.27. The maximum Gasteiger partial charge on any atom is 0.390 e. The molecule has 1 aromatic carbocycles. The van der Waals surface area contributed by atoms with Gasteiger partial charge in [0.05, 0.1) is 6.42 Å². The molecule has 3 nitrogen and oxygen atoms in total. The Morgan fingerprint density at radius 2 is 1.83 bits per heavy atom. The lowest BCUT2D eigenvalue weighted by Crippen LogP contribution is -2.44. The van der Waals surface area contributed by atoms with Crippen molar-refractivity contribution in [1.29, 1.82) is 0 Å². The maximum absolute atomic E-state index is 12.1. The molecule has 0 aliphatic rings. The number of hydrogen-bond acceptors (Lipinski definition) is 1. The van der Waals surface area contributed by atoms with Crippen LogP contribution in [0, 0.1) is 6.92 Å². The maximum atomic E-state index is 12.1. The molecule has 1 rings (SSSR count). The Balaban J connectivity index is 0.00000484. The molecule has 0 heterocycles. The molecule has 132 valence electrons. The van der Waals surface area contributed by atoms with Gasteiger partial charge in [-0.1, -0.05) is 43.7 Å². The molecule has 2 N–H and O–H groups in total. The van der Waals surface area contributed by atoms with Crippen molar-refractivity contribution in [3.8, 4) is 0 Å². The van der Waals surface area contributed by atoms with E-state index in [1.54, 1.807) is 7.05 Å². The number of hydrogen-bond donors (Lipinski definition) is 2. The van der Waals surface area contributed by atoms with Crippen molar-refractivity contribution < 1.29 is 13.2 Å². The van der Waals surface area contributed by atoms with Crippen LogP contribution in [0.1, 0.15) is 31.4 Å². The zero-order valence-corrected chi connectivity index (χ0v) is 16.3. The van der Waals surface area contributed by atoms with E-state index in [2.05, 4.69) is 41.6 Å². The molecule has 1 aromatic rings. The van der Waals surface area contributed by atoms with E-state index in [0.717, 1.165) is 0 Å². The first kappa shape index (κ1) is 22.0. The van der Waals surface area contributed by atoms with Crippen LogP contribution in [0.25, 0.3) is 0 Å². The molecule has 0 saturated heterocycles. The van der Waals surface area contributed by atoms with E-state index in [1.807, 2.05) is 19.1 Å². The number of halogens is 4. The van der Waals surface area contributed by atoms with Crippen LogP contribution in [0.4, 0.5) is 13.2 Å². The normalized spacial score (nSPS) is 12.6. The second-order valence-electron chi connectivity index (χ2n) is 5.97. The number of aliphatic imine (C=N–C) groups is 1. The van der Waals surface area contributed by atoms with Gasteiger partial charge >= 0.3 is 6.18 Å². The van der Waals surface area contributed by atoms with Gasteiger partial charge in [0.15, 0.2) is 5.96 Å². The summed E-state index contributed by atoms with van der Waals surface area (Å²) in [5, 5.41) is 5.77. The summed E-state index contributed by atoms with van der Waals surface area (Å²) in [6.07, 6.45) is -5.04. The third-order valence-corrected chi connectivity index (χ3v) is 3.42. The van der Waals surface area contributed by atoms with Crippen molar-refractivity contribution in [3.05, 3.63) is 35.4 Å². The molecule has 23 heavy (non-hydrogen) atoms. The van der Waals surface area contributed by atoms with Crippen LogP contribution in [0.15, 0.2) is 29.3 Å². The van der Waals surface area contributed by atoms with Crippen molar-refractivity contribution in [2.24, 2.45) is 4.99 Å². The van der Waals surface area contributed by atoms with Gasteiger partial charge in [0.1, 0.15) is 0 Å². The number of benzene rings is 1. The Bertz CT molecular complexity index is 514. The third-order valence-electron chi connectivity index (χ3n) is 3.42. The van der Waals surface area contributed by atoms with Crippen LogP contribution in [0.2, 0.25) is 0 Å². The Kier molecular flexibility index (Phi) is 8.94. The Morgan fingerprint density at radius 1 is 1.17 bits per heavy atom. The molecule has 0 radical (unpaired) electrons.